The largest absolute Gasteiger partial charge is 0.383 e. The van der Waals surface area contributed by atoms with E-state index in [-0.39, 0.29) is 24.1 Å². The van der Waals surface area contributed by atoms with Crippen molar-refractivity contribution in [2.24, 2.45) is 5.92 Å². The van der Waals surface area contributed by atoms with E-state index in [1.165, 1.54) is 12.1 Å². The van der Waals surface area contributed by atoms with Crippen LogP contribution in [0.3, 0.4) is 0 Å². The molecule has 0 aromatic heterocycles. The number of nitrogens with zero attached hydrogens (tertiary/aromatic N) is 1. The van der Waals surface area contributed by atoms with Gasteiger partial charge in [0.05, 0.1) is 18.6 Å². The highest BCUT2D eigenvalue weighted by molar-refractivity contribution is 6.02. The molecule has 1 aliphatic heterocycles. The number of piperidine rings is 1. The Hall–Kier alpha value is -2.93. The first-order chi connectivity index (χ1) is 15.0. The zero-order valence-electron chi connectivity index (χ0n) is 18.1. The lowest BCUT2D eigenvalue weighted by molar-refractivity contribution is -0.115. The second-order valence-corrected chi connectivity index (χ2v) is 8.00. The minimum Gasteiger partial charge on any atom is -0.383 e. The van der Waals surface area contributed by atoms with Crippen molar-refractivity contribution in [3.05, 3.63) is 59.4 Å². The van der Waals surface area contributed by atoms with E-state index in [1.54, 1.807) is 25.3 Å². The zero-order valence-corrected chi connectivity index (χ0v) is 18.1. The number of ether oxygens (including phenoxy) is 1. The number of hydrogen-bond acceptors (Lipinski definition) is 4. The second kappa shape index (κ2) is 10.9. The van der Waals surface area contributed by atoms with Gasteiger partial charge in [0, 0.05) is 38.1 Å². The van der Waals surface area contributed by atoms with Crippen molar-refractivity contribution in [2.75, 3.05) is 43.6 Å². The normalized spacial score (nSPS) is 14.4. The Labute approximate surface area is 182 Å². The van der Waals surface area contributed by atoms with Crippen molar-refractivity contribution in [2.45, 2.75) is 26.2 Å². The molecule has 0 saturated carbocycles. The first kappa shape index (κ1) is 22.7. The van der Waals surface area contributed by atoms with Crippen molar-refractivity contribution < 1.29 is 18.7 Å². The molecule has 0 spiro atoms. The third kappa shape index (κ3) is 6.52. The maximum absolute atomic E-state index is 13.1. The molecule has 31 heavy (non-hydrogen) atoms. The minimum absolute atomic E-state index is 0.126. The molecule has 0 atom stereocenters. The summed E-state index contributed by atoms with van der Waals surface area (Å²) in [6.07, 6.45) is 2.29. The fourth-order valence-electron chi connectivity index (χ4n) is 3.68. The highest BCUT2D eigenvalue weighted by Gasteiger charge is 2.22. The van der Waals surface area contributed by atoms with Crippen LogP contribution in [0.5, 0.6) is 0 Å². The lowest BCUT2D eigenvalue weighted by atomic mass is 9.97. The van der Waals surface area contributed by atoms with Gasteiger partial charge in [-0.1, -0.05) is 19.1 Å². The first-order valence-corrected chi connectivity index (χ1v) is 10.7. The molecule has 2 amide bonds. The molecule has 2 aromatic carbocycles. The summed E-state index contributed by atoms with van der Waals surface area (Å²) in [4.78, 5) is 27.5. The molecule has 1 heterocycles. The summed E-state index contributed by atoms with van der Waals surface area (Å²) in [6, 6.07) is 11.3. The Balaban J connectivity index is 1.75. The summed E-state index contributed by atoms with van der Waals surface area (Å²) in [6.45, 7) is 4.88. The van der Waals surface area contributed by atoms with Gasteiger partial charge >= 0.3 is 0 Å². The molecule has 3 rings (SSSR count). The van der Waals surface area contributed by atoms with E-state index >= 15 is 0 Å². The molecule has 1 aliphatic rings. The van der Waals surface area contributed by atoms with Crippen LogP contribution in [0.4, 0.5) is 15.8 Å². The lowest BCUT2D eigenvalue weighted by Gasteiger charge is -2.33. The molecule has 2 aromatic rings. The number of methoxy groups -OCH3 is 1. The van der Waals surface area contributed by atoms with Crippen LogP contribution in [0.15, 0.2) is 42.5 Å². The predicted molar refractivity (Wildman–Crippen MR) is 120 cm³/mol. The van der Waals surface area contributed by atoms with E-state index in [2.05, 4.69) is 22.5 Å². The minimum atomic E-state index is -0.337. The quantitative estimate of drug-likeness (QED) is 0.632. The van der Waals surface area contributed by atoms with E-state index in [0.717, 1.165) is 37.2 Å². The summed E-state index contributed by atoms with van der Waals surface area (Å²) in [5.74, 6) is -0.0755. The SMILES string of the molecule is COCCNC(=O)c1cc(NC(=O)Cc2ccc(F)cc2)ccc1N1CCC(C)CC1. The number of hydrogen-bond donors (Lipinski definition) is 2. The first-order valence-electron chi connectivity index (χ1n) is 10.7. The standard InChI is InChI=1S/C24H30FN3O3/c1-17-9-12-28(13-10-17)22-8-7-20(16-21(22)24(30)26-11-14-31-2)27-23(29)15-18-3-5-19(25)6-4-18/h3-8,16-17H,9-15H2,1-2H3,(H,26,30)(H,27,29). The number of amides is 2. The van der Waals surface area contributed by atoms with Gasteiger partial charge < -0.3 is 20.3 Å². The van der Waals surface area contributed by atoms with Gasteiger partial charge in [0.1, 0.15) is 5.82 Å². The van der Waals surface area contributed by atoms with Crippen LogP contribution >= 0.6 is 0 Å². The van der Waals surface area contributed by atoms with Gasteiger partial charge in [-0.3, -0.25) is 9.59 Å². The number of carbonyl (C=O) groups is 2. The van der Waals surface area contributed by atoms with Gasteiger partial charge in [-0.2, -0.15) is 0 Å². The van der Waals surface area contributed by atoms with Crippen LogP contribution in [0.1, 0.15) is 35.7 Å². The Morgan fingerprint density at radius 1 is 1.13 bits per heavy atom. The fourth-order valence-corrected chi connectivity index (χ4v) is 3.68. The topological polar surface area (TPSA) is 70.7 Å². The molecular weight excluding hydrogens is 397 g/mol. The van der Waals surface area contributed by atoms with Gasteiger partial charge in [-0.05, 0) is 54.7 Å². The molecule has 7 heteroatoms. The van der Waals surface area contributed by atoms with Crippen molar-refractivity contribution in [1.82, 2.24) is 5.32 Å². The number of nitrogens with one attached hydrogen (secondary N) is 2. The summed E-state index contributed by atoms with van der Waals surface area (Å²) in [7, 11) is 1.59. The fraction of sp³-hybridized carbons (Fsp3) is 0.417. The van der Waals surface area contributed by atoms with Crippen LogP contribution in [0.2, 0.25) is 0 Å². The Bertz CT molecular complexity index is 893. The molecule has 0 unspecified atom stereocenters. The van der Waals surface area contributed by atoms with E-state index in [1.807, 2.05) is 12.1 Å². The molecule has 0 aliphatic carbocycles. The maximum Gasteiger partial charge on any atom is 0.253 e. The summed E-state index contributed by atoms with van der Waals surface area (Å²) < 4.78 is 18.1. The van der Waals surface area contributed by atoms with Crippen LogP contribution in [0, 0.1) is 11.7 Å². The van der Waals surface area contributed by atoms with Crippen molar-refractivity contribution >= 4 is 23.2 Å². The van der Waals surface area contributed by atoms with Gasteiger partial charge in [0.15, 0.2) is 0 Å². The van der Waals surface area contributed by atoms with Crippen molar-refractivity contribution in [1.29, 1.82) is 0 Å². The number of benzene rings is 2. The number of carbonyl (C=O) groups excluding carboxylic acids is 2. The molecule has 1 saturated heterocycles. The van der Waals surface area contributed by atoms with Gasteiger partial charge in [0.25, 0.3) is 5.91 Å². The maximum atomic E-state index is 13.1. The molecule has 6 nitrogen and oxygen atoms in total. The van der Waals surface area contributed by atoms with E-state index in [9.17, 15) is 14.0 Å². The molecule has 2 N–H and O–H groups in total. The van der Waals surface area contributed by atoms with Crippen molar-refractivity contribution in [3.8, 4) is 0 Å². The summed E-state index contributed by atoms with van der Waals surface area (Å²) >= 11 is 0. The number of halogens is 1. The third-order valence-electron chi connectivity index (χ3n) is 5.52. The molecule has 166 valence electrons. The Morgan fingerprint density at radius 2 is 1.84 bits per heavy atom. The second-order valence-electron chi connectivity index (χ2n) is 8.00. The Morgan fingerprint density at radius 3 is 2.52 bits per heavy atom. The Kier molecular flexibility index (Phi) is 8.00. The van der Waals surface area contributed by atoms with E-state index < -0.39 is 0 Å². The highest BCUT2D eigenvalue weighted by Crippen LogP contribution is 2.28. The highest BCUT2D eigenvalue weighted by atomic mass is 19.1. The van der Waals surface area contributed by atoms with Crippen LogP contribution in [-0.2, 0) is 16.0 Å². The average Bonchev–Trinajstić information content (AvgIpc) is 2.76. The third-order valence-corrected chi connectivity index (χ3v) is 5.52. The molecule has 1 fully saturated rings. The number of rotatable bonds is 8. The van der Waals surface area contributed by atoms with Gasteiger partial charge in [-0.15, -0.1) is 0 Å². The molecule has 0 radical (unpaired) electrons. The van der Waals surface area contributed by atoms with Gasteiger partial charge in [0.2, 0.25) is 5.91 Å². The summed E-state index contributed by atoms with van der Waals surface area (Å²) in [5.41, 5.74) is 2.68. The van der Waals surface area contributed by atoms with Crippen molar-refractivity contribution in [3.63, 3.8) is 0 Å². The van der Waals surface area contributed by atoms with E-state index in [4.69, 9.17) is 4.74 Å². The summed E-state index contributed by atoms with van der Waals surface area (Å²) in [5, 5.41) is 5.72. The molecular formula is C24H30FN3O3. The monoisotopic (exact) mass is 427 g/mol. The smallest absolute Gasteiger partial charge is 0.253 e. The predicted octanol–water partition coefficient (Wildman–Crippen LogP) is 3.62. The van der Waals surface area contributed by atoms with Crippen LogP contribution in [0.25, 0.3) is 0 Å². The van der Waals surface area contributed by atoms with Crippen LogP contribution < -0.4 is 15.5 Å². The van der Waals surface area contributed by atoms with E-state index in [0.29, 0.717) is 30.3 Å². The van der Waals surface area contributed by atoms with Crippen LogP contribution in [-0.4, -0.2) is 45.2 Å². The average molecular weight is 428 g/mol. The number of anilines is 2. The van der Waals surface area contributed by atoms with Gasteiger partial charge in [-0.25, -0.2) is 4.39 Å². The molecule has 0 bridgehead atoms. The zero-order chi connectivity index (χ0) is 22.2. The lowest BCUT2D eigenvalue weighted by Crippen LogP contribution is -2.35.